The van der Waals surface area contributed by atoms with Gasteiger partial charge in [0.25, 0.3) is 0 Å². The van der Waals surface area contributed by atoms with Crippen molar-refractivity contribution >= 4 is 11.8 Å². The number of pyridine rings is 1. The lowest BCUT2D eigenvalue weighted by atomic mass is 10.1. The van der Waals surface area contributed by atoms with Crippen LogP contribution in [0.15, 0.2) is 24.4 Å². The van der Waals surface area contributed by atoms with E-state index in [-0.39, 0.29) is 0 Å². The van der Waals surface area contributed by atoms with E-state index in [2.05, 4.69) is 48.0 Å². The Hall–Kier alpha value is -0.540. The summed E-state index contributed by atoms with van der Waals surface area (Å²) >= 11 is 2.08. The summed E-state index contributed by atoms with van der Waals surface area (Å²) < 4.78 is 0. The van der Waals surface area contributed by atoms with Crippen molar-refractivity contribution in [1.29, 1.82) is 0 Å². The Morgan fingerprint density at radius 1 is 1.50 bits per heavy atom. The number of hydrogen-bond donors (Lipinski definition) is 1. The molecule has 1 N–H and O–H groups in total. The van der Waals surface area contributed by atoms with Crippen LogP contribution >= 0.6 is 11.8 Å². The summed E-state index contributed by atoms with van der Waals surface area (Å²) in [5.41, 5.74) is 1.14. The number of nitrogens with one attached hydrogen (secondary N) is 1. The highest BCUT2D eigenvalue weighted by Crippen LogP contribution is 2.26. The van der Waals surface area contributed by atoms with Crippen molar-refractivity contribution in [2.24, 2.45) is 0 Å². The molecule has 16 heavy (non-hydrogen) atoms. The molecule has 0 bridgehead atoms. The zero-order valence-electron chi connectivity index (χ0n) is 10.0. The predicted octanol–water partition coefficient (Wildman–Crippen LogP) is 3.02. The number of thioether (sulfide) groups is 1. The van der Waals surface area contributed by atoms with Gasteiger partial charge >= 0.3 is 0 Å². The standard InChI is InChI=1S/C13H20N2S/c1-10(12-6-3-4-8-14-12)15-13-7-5-9-16-11(13)2/h3-4,6,8,10-11,13,15H,5,7,9H2,1-2H3. The summed E-state index contributed by atoms with van der Waals surface area (Å²) in [6, 6.07) is 7.11. The van der Waals surface area contributed by atoms with E-state index in [1.165, 1.54) is 18.6 Å². The molecule has 0 saturated carbocycles. The second-order valence-corrected chi connectivity index (χ2v) is 5.95. The molecule has 1 aromatic heterocycles. The lowest BCUT2D eigenvalue weighted by Crippen LogP contribution is -2.40. The lowest BCUT2D eigenvalue weighted by molar-refractivity contribution is 0.413. The van der Waals surface area contributed by atoms with Crippen LogP contribution in [0.3, 0.4) is 0 Å². The first-order valence-corrected chi connectivity index (χ1v) is 7.11. The Kier molecular flexibility index (Phi) is 4.24. The summed E-state index contributed by atoms with van der Waals surface area (Å²) in [6.45, 7) is 4.53. The topological polar surface area (TPSA) is 24.9 Å². The molecule has 0 aromatic carbocycles. The molecule has 88 valence electrons. The largest absolute Gasteiger partial charge is 0.305 e. The second kappa shape index (κ2) is 5.69. The van der Waals surface area contributed by atoms with Crippen LogP contribution in [0.1, 0.15) is 38.4 Å². The van der Waals surface area contributed by atoms with Crippen molar-refractivity contribution in [3.63, 3.8) is 0 Å². The Bertz CT molecular complexity index is 315. The molecule has 3 heteroatoms. The third kappa shape index (κ3) is 2.98. The SMILES string of the molecule is CC(NC1CCCSC1C)c1ccccn1. The molecule has 0 aliphatic carbocycles. The van der Waals surface area contributed by atoms with Crippen molar-refractivity contribution < 1.29 is 0 Å². The smallest absolute Gasteiger partial charge is 0.0570 e. The van der Waals surface area contributed by atoms with Crippen LogP contribution in [-0.2, 0) is 0 Å². The van der Waals surface area contributed by atoms with Gasteiger partial charge in [-0.2, -0.15) is 11.8 Å². The molecule has 2 rings (SSSR count). The van der Waals surface area contributed by atoms with Gasteiger partial charge in [-0.25, -0.2) is 0 Å². The molecule has 1 aliphatic heterocycles. The average Bonchev–Trinajstić information content (AvgIpc) is 2.33. The summed E-state index contributed by atoms with van der Waals surface area (Å²) in [5.74, 6) is 1.32. The fraction of sp³-hybridized carbons (Fsp3) is 0.615. The Morgan fingerprint density at radius 2 is 2.38 bits per heavy atom. The molecule has 2 nitrogen and oxygen atoms in total. The van der Waals surface area contributed by atoms with Crippen LogP contribution in [0.2, 0.25) is 0 Å². The first-order chi connectivity index (χ1) is 7.77. The van der Waals surface area contributed by atoms with Gasteiger partial charge in [-0.15, -0.1) is 0 Å². The average molecular weight is 236 g/mol. The third-order valence-electron chi connectivity index (χ3n) is 3.20. The third-order valence-corrected chi connectivity index (χ3v) is 4.58. The molecule has 0 spiro atoms. The molecule has 3 atom stereocenters. The van der Waals surface area contributed by atoms with E-state index in [4.69, 9.17) is 0 Å². The van der Waals surface area contributed by atoms with Gasteiger partial charge in [-0.3, -0.25) is 4.98 Å². The number of rotatable bonds is 3. The zero-order valence-corrected chi connectivity index (χ0v) is 10.8. The summed E-state index contributed by atoms with van der Waals surface area (Å²) in [7, 11) is 0. The first kappa shape index (κ1) is 11.9. The molecule has 0 radical (unpaired) electrons. The Morgan fingerprint density at radius 3 is 3.06 bits per heavy atom. The summed E-state index contributed by atoms with van der Waals surface area (Å²) in [6.07, 6.45) is 4.50. The molecule has 1 saturated heterocycles. The molecule has 3 unspecified atom stereocenters. The van der Waals surface area contributed by atoms with Crippen molar-refractivity contribution in [2.75, 3.05) is 5.75 Å². The van der Waals surface area contributed by atoms with E-state index in [0.717, 1.165) is 10.9 Å². The predicted molar refractivity (Wildman–Crippen MR) is 70.7 cm³/mol. The maximum Gasteiger partial charge on any atom is 0.0570 e. The normalized spacial score (nSPS) is 27.6. The summed E-state index contributed by atoms with van der Waals surface area (Å²) in [5, 5.41) is 4.42. The van der Waals surface area contributed by atoms with Crippen molar-refractivity contribution in [1.82, 2.24) is 10.3 Å². The quantitative estimate of drug-likeness (QED) is 0.873. The van der Waals surface area contributed by atoms with Gasteiger partial charge in [0, 0.05) is 23.5 Å². The lowest BCUT2D eigenvalue weighted by Gasteiger charge is -2.31. The number of nitrogens with zero attached hydrogens (tertiary/aromatic N) is 1. The van der Waals surface area contributed by atoms with Crippen LogP contribution in [0, 0.1) is 0 Å². The van der Waals surface area contributed by atoms with Crippen molar-refractivity contribution in [2.45, 2.75) is 44.0 Å². The molecule has 0 amide bonds. The van der Waals surface area contributed by atoms with Gasteiger partial charge < -0.3 is 5.32 Å². The van der Waals surface area contributed by atoms with Crippen molar-refractivity contribution in [3.05, 3.63) is 30.1 Å². The fourth-order valence-corrected chi connectivity index (χ4v) is 3.33. The monoisotopic (exact) mass is 236 g/mol. The second-order valence-electron chi connectivity index (χ2n) is 4.47. The van der Waals surface area contributed by atoms with Crippen molar-refractivity contribution in [3.8, 4) is 0 Å². The van der Waals surface area contributed by atoms with E-state index < -0.39 is 0 Å². The van der Waals surface area contributed by atoms with Gasteiger partial charge in [0.15, 0.2) is 0 Å². The highest BCUT2D eigenvalue weighted by molar-refractivity contribution is 7.99. The van der Waals surface area contributed by atoms with Gasteiger partial charge in [0.1, 0.15) is 0 Å². The maximum absolute atomic E-state index is 4.40. The van der Waals surface area contributed by atoms with E-state index in [1.807, 2.05) is 12.3 Å². The van der Waals surface area contributed by atoms with E-state index in [9.17, 15) is 0 Å². The maximum atomic E-state index is 4.40. The van der Waals surface area contributed by atoms with E-state index in [0.29, 0.717) is 12.1 Å². The van der Waals surface area contributed by atoms with Crippen LogP contribution in [-0.4, -0.2) is 22.0 Å². The Balaban J connectivity index is 1.94. The number of aromatic nitrogens is 1. The van der Waals surface area contributed by atoms with E-state index >= 15 is 0 Å². The van der Waals surface area contributed by atoms with Crippen LogP contribution in [0.5, 0.6) is 0 Å². The summed E-state index contributed by atoms with van der Waals surface area (Å²) in [4.78, 5) is 4.40. The van der Waals surface area contributed by atoms with Crippen LogP contribution < -0.4 is 5.32 Å². The molecule has 1 aromatic rings. The minimum Gasteiger partial charge on any atom is -0.305 e. The molecule has 2 heterocycles. The molecular weight excluding hydrogens is 216 g/mol. The van der Waals surface area contributed by atoms with Gasteiger partial charge in [0.2, 0.25) is 0 Å². The molecule has 1 aliphatic rings. The molecule has 1 fully saturated rings. The fourth-order valence-electron chi connectivity index (χ4n) is 2.18. The van der Waals surface area contributed by atoms with Crippen LogP contribution in [0.25, 0.3) is 0 Å². The van der Waals surface area contributed by atoms with Gasteiger partial charge in [-0.05, 0) is 37.7 Å². The number of hydrogen-bond acceptors (Lipinski definition) is 3. The minimum absolute atomic E-state index is 0.354. The van der Waals surface area contributed by atoms with Crippen LogP contribution in [0.4, 0.5) is 0 Å². The van der Waals surface area contributed by atoms with Gasteiger partial charge in [-0.1, -0.05) is 13.0 Å². The minimum atomic E-state index is 0.354. The Labute approximate surface area is 102 Å². The highest BCUT2D eigenvalue weighted by atomic mass is 32.2. The van der Waals surface area contributed by atoms with Gasteiger partial charge in [0.05, 0.1) is 5.69 Å². The van der Waals surface area contributed by atoms with E-state index in [1.54, 1.807) is 0 Å². The molecular formula is C13H20N2S. The zero-order chi connectivity index (χ0) is 11.4. The first-order valence-electron chi connectivity index (χ1n) is 6.06. The highest BCUT2D eigenvalue weighted by Gasteiger charge is 2.23.